The summed E-state index contributed by atoms with van der Waals surface area (Å²) in [5.41, 5.74) is 2.25. The molecule has 3 rings (SSSR count). The average Bonchev–Trinajstić information content (AvgIpc) is 2.94. The number of carbonyl (C=O) groups is 1. The molecule has 2 aromatic rings. The number of anilines is 1. The third-order valence-corrected chi connectivity index (χ3v) is 3.61. The molecule has 2 heterocycles. The van der Waals surface area contributed by atoms with E-state index >= 15 is 0 Å². The number of Topliss-reactive ketones (excluding diaryl/α,β-unsaturated/α-hetero) is 1. The van der Waals surface area contributed by atoms with E-state index in [4.69, 9.17) is 4.74 Å². The van der Waals surface area contributed by atoms with Crippen LogP contribution in [0, 0.1) is 0 Å². The van der Waals surface area contributed by atoms with Gasteiger partial charge < -0.3 is 10.1 Å². The number of fused-ring (bicyclic) bond motifs is 1. The maximum atomic E-state index is 12.2. The van der Waals surface area contributed by atoms with Crippen LogP contribution in [0.5, 0.6) is 5.75 Å². The van der Waals surface area contributed by atoms with Crippen molar-refractivity contribution in [3.63, 3.8) is 0 Å². The van der Waals surface area contributed by atoms with Gasteiger partial charge in [0.05, 0.1) is 6.61 Å². The van der Waals surface area contributed by atoms with Gasteiger partial charge in [-0.2, -0.15) is 4.68 Å². The minimum atomic E-state index is -0.397. The highest BCUT2D eigenvalue weighted by atomic mass is 16.5. The summed E-state index contributed by atoms with van der Waals surface area (Å²) < 4.78 is 7.32. The normalized spacial score (nSPS) is 17.0. The molecule has 0 aliphatic carbocycles. The summed E-state index contributed by atoms with van der Waals surface area (Å²) >= 11 is 0. The first kappa shape index (κ1) is 14.2. The van der Waals surface area contributed by atoms with E-state index in [0.717, 1.165) is 17.0 Å². The van der Waals surface area contributed by atoms with Crippen molar-refractivity contribution in [1.29, 1.82) is 0 Å². The molecule has 1 N–H and O–H groups in total. The molecule has 114 valence electrons. The first-order valence-corrected chi connectivity index (χ1v) is 7.11. The van der Waals surface area contributed by atoms with Gasteiger partial charge in [0.1, 0.15) is 11.8 Å². The van der Waals surface area contributed by atoms with E-state index in [1.54, 1.807) is 11.6 Å². The van der Waals surface area contributed by atoms with Crippen LogP contribution in [0.4, 0.5) is 5.95 Å². The second-order valence-electron chi connectivity index (χ2n) is 5.04. The maximum Gasteiger partial charge on any atom is 0.248 e. The van der Waals surface area contributed by atoms with Crippen LogP contribution in [-0.4, -0.2) is 32.6 Å². The van der Waals surface area contributed by atoms with E-state index < -0.39 is 6.04 Å². The van der Waals surface area contributed by atoms with Gasteiger partial charge in [0.2, 0.25) is 5.95 Å². The van der Waals surface area contributed by atoms with E-state index in [1.165, 1.54) is 0 Å². The van der Waals surface area contributed by atoms with Crippen molar-refractivity contribution in [3.8, 4) is 5.75 Å². The van der Waals surface area contributed by atoms with Crippen LogP contribution in [0.2, 0.25) is 0 Å². The molecule has 0 saturated carbocycles. The molecule has 7 heteroatoms. The molecule has 22 heavy (non-hydrogen) atoms. The second-order valence-corrected chi connectivity index (χ2v) is 5.04. The quantitative estimate of drug-likeness (QED) is 0.929. The molecule has 0 fully saturated rings. The fourth-order valence-corrected chi connectivity index (χ4v) is 2.75. The zero-order valence-electron chi connectivity index (χ0n) is 12.7. The Balaban J connectivity index is 2.21. The number of ether oxygens (including phenoxy) is 1. The minimum Gasteiger partial charge on any atom is -0.494 e. The summed E-state index contributed by atoms with van der Waals surface area (Å²) in [6, 6.07) is 7.24. The largest absolute Gasteiger partial charge is 0.494 e. The molecular formula is C15H17N5O2. The van der Waals surface area contributed by atoms with Crippen molar-refractivity contribution < 1.29 is 9.53 Å². The van der Waals surface area contributed by atoms with E-state index in [1.807, 2.05) is 38.1 Å². The predicted octanol–water partition coefficient (Wildman–Crippen LogP) is 1.95. The molecule has 1 unspecified atom stereocenters. The number of hydrogen-bond donors (Lipinski definition) is 1. The Hall–Kier alpha value is -2.70. The number of ketones is 1. The Morgan fingerprint density at radius 2 is 2.18 bits per heavy atom. The molecule has 1 aromatic carbocycles. The lowest BCUT2D eigenvalue weighted by atomic mass is 9.92. The molecule has 1 aliphatic rings. The zero-order chi connectivity index (χ0) is 15.7. The molecule has 0 radical (unpaired) electrons. The Morgan fingerprint density at radius 1 is 1.41 bits per heavy atom. The highest BCUT2D eigenvalue weighted by molar-refractivity contribution is 5.96. The molecule has 1 atom stereocenters. The number of nitrogens with one attached hydrogen (secondary N) is 1. The summed E-state index contributed by atoms with van der Waals surface area (Å²) in [5, 5.41) is 14.8. The van der Waals surface area contributed by atoms with Gasteiger partial charge in [-0.1, -0.05) is 23.3 Å². The topological polar surface area (TPSA) is 81.9 Å². The van der Waals surface area contributed by atoms with Gasteiger partial charge in [-0.05, 0) is 37.3 Å². The lowest BCUT2D eigenvalue weighted by Gasteiger charge is -2.28. The number of para-hydroxylation sites is 1. The number of nitrogens with zero attached hydrogens (tertiary/aromatic N) is 4. The molecule has 0 bridgehead atoms. The third kappa shape index (κ3) is 2.24. The second kappa shape index (κ2) is 5.59. The average molecular weight is 299 g/mol. The molecule has 1 aliphatic heterocycles. The van der Waals surface area contributed by atoms with Crippen molar-refractivity contribution in [2.45, 2.75) is 26.8 Å². The number of benzene rings is 1. The lowest BCUT2D eigenvalue weighted by Crippen LogP contribution is -2.28. The van der Waals surface area contributed by atoms with Gasteiger partial charge in [-0.15, -0.1) is 0 Å². The number of rotatable bonds is 4. The summed E-state index contributed by atoms with van der Waals surface area (Å²) in [4.78, 5) is 12.2. The number of aromatic nitrogens is 4. The maximum absolute atomic E-state index is 12.2. The van der Waals surface area contributed by atoms with Gasteiger partial charge in [-0.25, -0.2) is 0 Å². The number of tetrazole rings is 1. The van der Waals surface area contributed by atoms with Crippen LogP contribution in [0.3, 0.4) is 0 Å². The van der Waals surface area contributed by atoms with Gasteiger partial charge >= 0.3 is 0 Å². The first-order valence-electron chi connectivity index (χ1n) is 7.11. The van der Waals surface area contributed by atoms with E-state index in [-0.39, 0.29) is 5.78 Å². The summed E-state index contributed by atoms with van der Waals surface area (Å²) in [5.74, 6) is 1.21. The van der Waals surface area contributed by atoms with Crippen LogP contribution in [-0.2, 0) is 4.79 Å². The Labute approximate surface area is 128 Å². The molecule has 7 nitrogen and oxygen atoms in total. The van der Waals surface area contributed by atoms with Crippen molar-refractivity contribution in [3.05, 3.63) is 41.1 Å². The Kier molecular flexibility index (Phi) is 3.62. The third-order valence-electron chi connectivity index (χ3n) is 3.61. The molecular weight excluding hydrogens is 282 g/mol. The Bertz CT molecular complexity index is 750. The highest BCUT2D eigenvalue weighted by Crippen LogP contribution is 2.38. The van der Waals surface area contributed by atoms with Crippen LogP contribution in [0.15, 0.2) is 35.5 Å². The number of carbonyl (C=O) groups excluding carboxylic acids is 1. The van der Waals surface area contributed by atoms with Crippen LogP contribution in [0.25, 0.3) is 0 Å². The standard InChI is InChI=1S/C15H17N5O2/c1-4-22-12-8-6-5-7-11(12)14-13(10(3)21)9(2)16-15-17-18-19-20(14)15/h5-8,14H,4H2,1-3H3,(H,16,17,19). The van der Waals surface area contributed by atoms with Gasteiger partial charge in [0, 0.05) is 16.8 Å². The molecule has 1 aromatic heterocycles. The summed E-state index contributed by atoms with van der Waals surface area (Å²) in [7, 11) is 0. The van der Waals surface area contributed by atoms with Crippen LogP contribution < -0.4 is 10.1 Å². The monoisotopic (exact) mass is 299 g/mol. The molecule has 0 saturated heterocycles. The Morgan fingerprint density at radius 3 is 2.91 bits per heavy atom. The molecule has 0 amide bonds. The van der Waals surface area contributed by atoms with Crippen LogP contribution >= 0.6 is 0 Å². The summed E-state index contributed by atoms with van der Waals surface area (Å²) in [6.07, 6.45) is 0. The predicted molar refractivity (Wildman–Crippen MR) is 80.6 cm³/mol. The molecule has 0 spiro atoms. The number of allylic oxidation sites excluding steroid dienone is 2. The fourth-order valence-electron chi connectivity index (χ4n) is 2.75. The van der Waals surface area contributed by atoms with Crippen molar-refractivity contribution >= 4 is 11.7 Å². The van der Waals surface area contributed by atoms with Crippen molar-refractivity contribution in [2.24, 2.45) is 0 Å². The number of hydrogen-bond acceptors (Lipinski definition) is 6. The van der Waals surface area contributed by atoms with E-state index in [2.05, 4.69) is 20.8 Å². The SMILES string of the molecule is CCOc1ccccc1C1C(C(C)=O)=C(C)Nc2nnnn21. The fraction of sp³-hybridized carbons (Fsp3) is 0.333. The lowest BCUT2D eigenvalue weighted by molar-refractivity contribution is -0.114. The zero-order valence-corrected chi connectivity index (χ0v) is 12.7. The van der Waals surface area contributed by atoms with E-state index in [9.17, 15) is 4.79 Å². The van der Waals surface area contributed by atoms with Crippen molar-refractivity contribution in [2.75, 3.05) is 11.9 Å². The van der Waals surface area contributed by atoms with Gasteiger partial charge in [0.15, 0.2) is 5.78 Å². The van der Waals surface area contributed by atoms with Crippen LogP contribution in [0.1, 0.15) is 32.4 Å². The van der Waals surface area contributed by atoms with Crippen molar-refractivity contribution in [1.82, 2.24) is 20.2 Å². The smallest absolute Gasteiger partial charge is 0.248 e. The van der Waals surface area contributed by atoms with Gasteiger partial charge in [0.25, 0.3) is 0 Å². The highest BCUT2D eigenvalue weighted by Gasteiger charge is 2.33. The minimum absolute atomic E-state index is 0.0255. The van der Waals surface area contributed by atoms with E-state index in [0.29, 0.717) is 18.1 Å². The first-order chi connectivity index (χ1) is 10.6. The summed E-state index contributed by atoms with van der Waals surface area (Å²) in [6.45, 7) is 5.87. The van der Waals surface area contributed by atoms with Gasteiger partial charge in [-0.3, -0.25) is 4.79 Å².